The van der Waals surface area contributed by atoms with Crippen LogP contribution in [0, 0.1) is 0 Å². The second kappa shape index (κ2) is 16.8. The van der Waals surface area contributed by atoms with Crippen molar-refractivity contribution in [1.29, 1.82) is 0 Å². The third-order valence-electron chi connectivity index (χ3n) is 8.82. The molecule has 53 heavy (non-hydrogen) atoms. The van der Waals surface area contributed by atoms with E-state index in [-0.39, 0.29) is 66.8 Å². The molecule has 1 amide bonds. The number of rotatable bonds is 16. The number of carbonyl (C=O) groups is 1. The first-order valence-corrected chi connectivity index (χ1v) is 20.0. The Hall–Kier alpha value is -3.60. The Morgan fingerprint density at radius 1 is 0.981 bits per heavy atom. The van der Waals surface area contributed by atoms with E-state index in [1.165, 1.54) is 12.0 Å². The van der Waals surface area contributed by atoms with Crippen molar-refractivity contribution in [3.8, 4) is 5.75 Å². The largest absolute Gasteiger partial charge is 0.790 e. The summed E-state index contributed by atoms with van der Waals surface area (Å²) in [6.07, 6.45) is -2.24. The van der Waals surface area contributed by atoms with Crippen LogP contribution in [0.15, 0.2) is 36.5 Å². The summed E-state index contributed by atoms with van der Waals surface area (Å²) in [4.78, 5) is 44.4. The van der Waals surface area contributed by atoms with Gasteiger partial charge in [-0.2, -0.15) is 18.2 Å². The van der Waals surface area contributed by atoms with Crippen molar-refractivity contribution >= 4 is 44.5 Å². The van der Waals surface area contributed by atoms with E-state index in [0.29, 0.717) is 48.7 Å². The molecule has 15 nitrogen and oxygen atoms in total. The van der Waals surface area contributed by atoms with Crippen molar-refractivity contribution < 1.29 is 59.9 Å². The minimum Gasteiger partial charge on any atom is -0.790 e. The number of benzene rings is 2. The lowest BCUT2D eigenvalue weighted by Crippen LogP contribution is -2.24. The lowest BCUT2D eigenvalue weighted by molar-refractivity contribution is -0.347. The summed E-state index contributed by atoms with van der Waals surface area (Å²) >= 11 is 0. The molecule has 0 radical (unpaired) electrons. The van der Waals surface area contributed by atoms with Crippen LogP contribution >= 0.6 is 15.4 Å². The minimum atomic E-state index is -5.15. The van der Waals surface area contributed by atoms with Crippen LogP contribution in [0.2, 0.25) is 0 Å². The first-order valence-electron chi connectivity index (χ1n) is 16.8. The number of nitrogens with one attached hydrogen (secondary N) is 2. The number of phosphoric acid groups is 1. The van der Waals surface area contributed by atoms with Gasteiger partial charge >= 0.3 is 13.8 Å². The van der Waals surface area contributed by atoms with Gasteiger partial charge in [0.05, 0.1) is 57.4 Å². The van der Waals surface area contributed by atoms with E-state index in [1.54, 1.807) is 51.2 Å². The SMILES string of the molecule is CCOP(=O)(Cc1ccc(Nc2ncc(C(F)(F)F)c(Nc3ccc(C4CCC(OCOP(=O)([O-])[O-])CC4)c4c3C(=O)N(C)C4)n2)c(OC)c1)OCC. The molecule has 2 aliphatic rings. The van der Waals surface area contributed by atoms with Crippen LogP contribution in [0.3, 0.4) is 0 Å². The van der Waals surface area contributed by atoms with Crippen LogP contribution in [0.1, 0.15) is 78.1 Å². The second-order valence-electron chi connectivity index (χ2n) is 12.4. The van der Waals surface area contributed by atoms with Crippen LogP contribution in [0.4, 0.5) is 36.3 Å². The minimum absolute atomic E-state index is 0.00443. The summed E-state index contributed by atoms with van der Waals surface area (Å²) in [6.45, 7) is 3.36. The van der Waals surface area contributed by atoms with Gasteiger partial charge in [0.25, 0.3) is 5.91 Å². The van der Waals surface area contributed by atoms with Crippen molar-refractivity contribution in [3.05, 3.63) is 64.3 Å². The van der Waals surface area contributed by atoms with Gasteiger partial charge in [0, 0.05) is 19.8 Å². The predicted octanol–water partition coefficient (Wildman–Crippen LogP) is 6.19. The normalized spacial score (nSPS) is 17.9. The molecule has 290 valence electrons. The van der Waals surface area contributed by atoms with Crippen molar-refractivity contribution in [3.63, 3.8) is 0 Å². The van der Waals surface area contributed by atoms with E-state index >= 15 is 0 Å². The van der Waals surface area contributed by atoms with Gasteiger partial charge in [-0.1, -0.05) is 12.1 Å². The first kappa shape index (κ1) is 40.6. The topological polar surface area (TPSA) is 197 Å². The highest BCUT2D eigenvalue weighted by Crippen LogP contribution is 2.52. The Morgan fingerprint density at radius 3 is 2.28 bits per heavy atom. The van der Waals surface area contributed by atoms with Gasteiger partial charge in [0.2, 0.25) is 5.95 Å². The van der Waals surface area contributed by atoms with Crippen molar-refractivity contribution in [2.45, 2.75) is 70.4 Å². The Kier molecular flexibility index (Phi) is 12.9. The number of anilines is 4. The number of methoxy groups -OCH3 is 1. The molecule has 0 spiro atoms. The highest BCUT2D eigenvalue weighted by molar-refractivity contribution is 7.53. The van der Waals surface area contributed by atoms with Crippen molar-refractivity contribution in [2.75, 3.05) is 44.8 Å². The summed E-state index contributed by atoms with van der Waals surface area (Å²) in [5, 5.41) is 5.65. The molecule has 1 fully saturated rings. The molecular formula is C33H40F3N5O10P2-2. The van der Waals surface area contributed by atoms with Crippen LogP contribution in [-0.2, 0) is 46.3 Å². The summed E-state index contributed by atoms with van der Waals surface area (Å²) in [6, 6.07) is 8.15. The lowest BCUT2D eigenvalue weighted by atomic mass is 9.80. The molecule has 1 aromatic heterocycles. The third kappa shape index (κ3) is 10.1. The molecule has 2 aromatic carbocycles. The zero-order valence-corrected chi connectivity index (χ0v) is 31.2. The molecule has 0 unspecified atom stereocenters. The molecule has 3 aromatic rings. The van der Waals surface area contributed by atoms with Gasteiger partial charge in [0.1, 0.15) is 17.1 Å². The molecule has 20 heteroatoms. The number of nitrogens with zero attached hydrogens (tertiary/aromatic N) is 3. The van der Waals surface area contributed by atoms with Crippen LogP contribution in [0.5, 0.6) is 5.75 Å². The van der Waals surface area contributed by atoms with Gasteiger partial charge < -0.3 is 52.9 Å². The Morgan fingerprint density at radius 2 is 1.66 bits per heavy atom. The van der Waals surface area contributed by atoms with Gasteiger partial charge in [-0.3, -0.25) is 9.36 Å². The number of ether oxygens (including phenoxy) is 2. The number of aromatic nitrogens is 2. The summed E-state index contributed by atoms with van der Waals surface area (Å²) in [5.74, 6) is -0.891. The van der Waals surface area contributed by atoms with Crippen molar-refractivity contribution in [1.82, 2.24) is 14.9 Å². The number of phosphoric ester groups is 1. The highest BCUT2D eigenvalue weighted by Gasteiger charge is 2.38. The lowest BCUT2D eigenvalue weighted by Gasteiger charge is -2.32. The van der Waals surface area contributed by atoms with Crippen LogP contribution < -0.4 is 25.2 Å². The average Bonchev–Trinajstić information content (AvgIpc) is 3.39. The Bertz CT molecular complexity index is 1880. The quantitative estimate of drug-likeness (QED) is 0.123. The van der Waals surface area contributed by atoms with Crippen LogP contribution in [0.25, 0.3) is 0 Å². The molecule has 5 rings (SSSR count). The van der Waals surface area contributed by atoms with E-state index in [0.717, 1.165) is 5.56 Å². The standard InChI is InChI=1S/C33H42F3N5O10P2/c1-5-49-52(43,50-6-2)18-20-7-13-26(28(15-20)47-4)39-32-37-16-25(33(34,35)36)30(40-32)38-27-14-12-23(24-17-41(3)31(42)29(24)27)21-8-10-22(11-9-21)48-19-51-53(44,45)46/h7,12-16,21-22H,5-6,8-11,17-19H2,1-4H3,(H2,44,45,46)(H2,37,38,39,40)/p-2. The number of halogens is 3. The summed E-state index contributed by atoms with van der Waals surface area (Å²) in [5.41, 5.74) is 1.65. The monoisotopic (exact) mass is 785 g/mol. The fourth-order valence-corrected chi connectivity index (χ4v) is 8.35. The molecule has 0 bridgehead atoms. The van der Waals surface area contributed by atoms with E-state index in [4.69, 9.17) is 18.5 Å². The van der Waals surface area contributed by atoms with Gasteiger partial charge in [-0.15, -0.1) is 0 Å². The van der Waals surface area contributed by atoms with E-state index in [1.807, 2.05) is 0 Å². The number of hydrogen-bond donors (Lipinski definition) is 2. The smallest absolute Gasteiger partial charge is 0.421 e. The molecule has 2 heterocycles. The molecule has 1 aliphatic heterocycles. The van der Waals surface area contributed by atoms with Gasteiger partial charge in [-0.25, -0.2) is 4.98 Å². The molecule has 1 aliphatic carbocycles. The Balaban J connectivity index is 1.39. The highest BCUT2D eigenvalue weighted by atomic mass is 31.2. The zero-order chi connectivity index (χ0) is 38.6. The number of amides is 1. The number of alkyl halides is 3. The Labute approximate surface area is 304 Å². The maximum Gasteiger partial charge on any atom is 0.421 e. The molecule has 2 N–H and O–H groups in total. The molecule has 0 saturated heterocycles. The number of fused-ring (bicyclic) bond motifs is 1. The first-order chi connectivity index (χ1) is 25.0. The molecule has 1 saturated carbocycles. The second-order valence-corrected chi connectivity index (χ2v) is 15.6. The third-order valence-corrected chi connectivity index (χ3v) is 11.3. The fraction of sp³-hybridized carbons (Fsp3) is 0.485. The summed E-state index contributed by atoms with van der Waals surface area (Å²) in [7, 11) is -5.58. The predicted molar refractivity (Wildman–Crippen MR) is 183 cm³/mol. The van der Waals surface area contributed by atoms with Gasteiger partial charge in [0.15, 0.2) is 6.79 Å². The van der Waals surface area contributed by atoms with Crippen LogP contribution in [-0.4, -0.2) is 61.0 Å². The van der Waals surface area contributed by atoms with E-state index in [2.05, 4.69) is 25.1 Å². The summed E-state index contributed by atoms with van der Waals surface area (Å²) < 4.78 is 92.4. The molecule has 0 atom stereocenters. The maximum atomic E-state index is 14.3. The maximum absolute atomic E-state index is 14.3. The van der Waals surface area contributed by atoms with E-state index < -0.39 is 39.8 Å². The fourth-order valence-electron chi connectivity index (χ4n) is 6.47. The molecular weight excluding hydrogens is 745 g/mol. The zero-order valence-electron chi connectivity index (χ0n) is 29.4. The number of carbonyl (C=O) groups excluding carboxylic acids is 1. The van der Waals surface area contributed by atoms with E-state index in [9.17, 15) is 36.9 Å². The van der Waals surface area contributed by atoms with Crippen molar-refractivity contribution in [2.24, 2.45) is 0 Å². The average molecular weight is 786 g/mol. The number of hydrogen-bond acceptors (Lipinski definition) is 14. The van der Waals surface area contributed by atoms with Gasteiger partial charge in [-0.05, 0) is 80.3 Å².